The molecule has 0 aromatic carbocycles. The van der Waals surface area contributed by atoms with Gasteiger partial charge in [0.15, 0.2) is 0 Å². The van der Waals surface area contributed by atoms with E-state index in [1.165, 1.54) is 6.42 Å². The van der Waals surface area contributed by atoms with Gasteiger partial charge >= 0.3 is 35.6 Å². The van der Waals surface area contributed by atoms with E-state index < -0.39 is 35.6 Å². The summed E-state index contributed by atoms with van der Waals surface area (Å²) in [6.07, 6.45) is 9.12. The summed E-state index contributed by atoms with van der Waals surface area (Å²) in [5.74, 6) is -9.29. The van der Waals surface area contributed by atoms with E-state index in [0.29, 0.717) is 18.8 Å². The van der Waals surface area contributed by atoms with Crippen molar-refractivity contribution in [2.24, 2.45) is 5.92 Å². The van der Waals surface area contributed by atoms with Crippen LogP contribution in [-0.2, 0) is 38.1 Å². The molecule has 0 aromatic heterocycles. The molecule has 30 heavy (non-hydrogen) atoms. The lowest BCUT2D eigenvalue weighted by Crippen LogP contribution is -2.62. The molecule has 0 fully saturated rings. The van der Waals surface area contributed by atoms with Crippen molar-refractivity contribution in [2.45, 2.75) is 77.0 Å². The van der Waals surface area contributed by atoms with E-state index >= 15 is 0 Å². The summed E-state index contributed by atoms with van der Waals surface area (Å²) < 4.78 is 19.9. The molecule has 0 saturated carbocycles. The topological polar surface area (TPSA) is 125 Å². The van der Waals surface area contributed by atoms with Gasteiger partial charge in [0.1, 0.15) is 0 Å². The molecular formula is C21H28O9. The summed E-state index contributed by atoms with van der Waals surface area (Å²) in [7, 11) is 0. The lowest BCUT2D eigenvalue weighted by molar-refractivity contribution is -0.439. The molecule has 2 aliphatic rings. The summed E-state index contributed by atoms with van der Waals surface area (Å²) in [5.41, 5.74) is 0. The number of hydrogen-bond donors (Lipinski definition) is 1. The van der Waals surface area contributed by atoms with Crippen LogP contribution in [0.15, 0.2) is 24.3 Å². The molecule has 0 unspecified atom stereocenters. The first-order chi connectivity index (χ1) is 14.2. The lowest BCUT2D eigenvalue weighted by atomic mass is 10.0. The number of hydrogen-bond acceptors (Lipinski definition) is 9. The van der Waals surface area contributed by atoms with E-state index in [9.17, 15) is 24.3 Å². The molecule has 0 spiro atoms. The van der Waals surface area contributed by atoms with Crippen LogP contribution in [0, 0.1) is 5.92 Å². The van der Waals surface area contributed by atoms with Gasteiger partial charge in [0.05, 0.1) is 0 Å². The van der Waals surface area contributed by atoms with Crippen molar-refractivity contribution in [1.82, 2.24) is 0 Å². The molecule has 2 heterocycles. The highest BCUT2D eigenvalue weighted by Crippen LogP contribution is 2.38. The maximum atomic E-state index is 12.0. The third-order valence-corrected chi connectivity index (χ3v) is 4.74. The molecule has 2 rings (SSSR count). The summed E-state index contributed by atoms with van der Waals surface area (Å²) in [4.78, 5) is 47.6. The highest BCUT2D eigenvalue weighted by Gasteiger charge is 2.65. The fourth-order valence-corrected chi connectivity index (χ4v) is 3.21. The normalized spacial score (nSPS) is 20.1. The lowest BCUT2D eigenvalue weighted by Gasteiger charge is -2.40. The molecule has 0 saturated heterocycles. The van der Waals surface area contributed by atoms with Gasteiger partial charge in [-0.05, 0) is 12.3 Å². The number of aliphatic hydroxyl groups is 1. The number of cyclic esters (lactones) is 4. The summed E-state index contributed by atoms with van der Waals surface area (Å²) in [5, 5.41) is 10.8. The molecular weight excluding hydrogens is 396 g/mol. The minimum absolute atomic E-state index is 0.241. The summed E-state index contributed by atoms with van der Waals surface area (Å²) in [6, 6.07) is 0. The van der Waals surface area contributed by atoms with Crippen molar-refractivity contribution in [3.05, 3.63) is 24.3 Å². The van der Waals surface area contributed by atoms with Gasteiger partial charge in [-0.25, -0.2) is 19.2 Å². The van der Waals surface area contributed by atoms with Gasteiger partial charge in [0, 0.05) is 30.7 Å². The first kappa shape index (κ1) is 23.6. The van der Waals surface area contributed by atoms with Crippen molar-refractivity contribution in [2.75, 3.05) is 0 Å². The first-order valence-corrected chi connectivity index (χ1v) is 10.2. The van der Waals surface area contributed by atoms with Gasteiger partial charge in [-0.15, -0.1) is 0 Å². The van der Waals surface area contributed by atoms with Crippen LogP contribution in [0.25, 0.3) is 0 Å². The number of esters is 4. The largest absolute Gasteiger partial charge is 0.456 e. The monoisotopic (exact) mass is 424 g/mol. The average molecular weight is 424 g/mol. The SMILES string of the molecule is CC(C)CCCCCCCCC1(C2(O)OC(=O)C=CC(=O)O2)OC(=O)C=CC(=O)O1. The van der Waals surface area contributed by atoms with Crippen molar-refractivity contribution in [3.8, 4) is 0 Å². The maximum absolute atomic E-state index is 12.0. The average Bonchev–Trinajstić information content (AvgIpc) is 2.89. The molecule has 0 aromatic rings. The van der Waals surface area contributed by atoms with E-state index in [0.717, 1.165) is 50.0 Å². The third-order valence-electron chi connectivity index (χ3n) is 4.74. The second-order valence-corrected chi connectivity index (χ2v) is 7.74. The van der Waals surface area contributed by atoms with Crippen LogP contribution in [0.2, 0.25) is 0 Å². The fourth-order valence-electron chi connectivity index (χ4n) is 3.21. The Morgan fingerprint density at radius 1 is 0.700 bits per heavy atom. The van der Waals surface area contributed by atoms with Gasteiger partial charge in [-0.1, -0.05) is 52.4 Å². The number of unbranched alkanes of at least 4 members (excludes halogenated alkanes) is 5. The van der Waals surface area contributed by atoms with E-state index in [4.69, 9.17) is 18.9 Å². The van der Waals surface area contributed by atoms with Crippen LogP contribution in [0.3, 0.4) is 0 Å². The smallest absolute Gasteiger partial charge is 0.409 e. The molecule has 0 amide bonds. The molecule has 0 bridgehead atoms. The zero-order valence-electron chi connectivity index (χ0n) is 17.3. The highest BCUT2D eigenvalue weighted by molar-refractivity contribution is 5.95. The van der Waals surface area contributed by atoms with Crippen molar-refractivity contribution in [3.63, 3.8) is 0 Å². The van der Waals surface area contributed by atoms with Gasteiger partial charge in [0.25, 0.3) is 0 Å². The van der Waals surface area contributed by atoms with Gasteiger partial charge in [0.2, 0.25) is 0 Å². The Balaban J connectivity index is 2.07. The number of rotatable bonds is 10. The second-order valence-electron chi connectivity index (χ2n) is 7.74. The van der Waals surface area contributed by atoms with Crippen LogP contribution in [-0.4, -0.2) is 40.7 Å². The Hall–Kier alpha value is -2.68. The van der Waals surface area contributed by atoms with E-state index in [2.05, 4.69) is 13.8 Å². The maximum Gasteiger partial charge on any atom is 0.456 e. The first-order valence-electron chi connectivity index (χ1n) is 10.2. The molecule has 0 atom stereocenters. The Labute approximate surface area is 175 Å². The third kappa shape index (κ3) is 6.41. The van der Waals surface area contributed by atoms with Crippen LogP contribution in [0.4, 0.5) is 0 Å². The minimum Gasteiger partial charge on any atom is -0.409 e. The predicted octanol–water partition coefficient (Wildman–Crippen LogP) is 2.42. The Morgan fingerprint density at radius 3 is 1.57 bits per heavy atom. The van der Waals surface area contributed by atoms with Crippen LogP contribution < -0.4 is 0 Å². The summed E-state index contributed by atoms with van der Waals surface area (Å²) >= 11 is 0. The molecule has 166 valence electrons. The Morgan fingerprint density at radius 2 is 1.10 bits per heavy atom. The van der Waals surface area contributed by atoms with Gasteiger partial charge in [-0.2, -0.15) is 0 Å². The zero-order chi connectivity index (χ0) is 22.2. The highest BCUT2D eigenvalue weighted by atomic mass is 16.9. The number of carbonyl (C=O) groups is 4. The fraction of sp³-hybridized carbons (Fsp3) is 0.619. The molecule has 1 N–H and O–H groups in total. The van der Waals surface area contributed by atoms with Crippen LogP contribution in [0.5, 0.6) is 0 Å². The van der Waals surface area contributed by atoms with E-state index in [-0.39, 0.29) is 6.42 Å². The van der Waals surface area contributed by atoms with Gasteiger partial charge in [-0.3, -0.25) is 0 Å². The van der Waals surface area contributed by atoms with Gasteiger partial charge < -0.3 is 24.1 Å². The summed E-state index contributed by atoms with van der Waals surface area (Å²) in [6.45, 7) is 4.36. The standard InChI is InChI=1S/C21H28O9/c1-15(2)9-7-5-3-4-6-8-14-20(27-16(22)10-11-17(23)28-20)21(26)29-18(24)12-13-19(25)30-21/h10-13,15,26H,3-9,14H2,1-2H3. The number of carbonyl (C=O) groups excluding carboxylic acids is 4. The predicted molar refractivity (Wildman–Crippen MR) is 102 cm³/mol. The molecule has 2 aliphatic heterocycles. The minimum atomic E-state index is -3.13. The zero-order valence-corrected chi connectivity index (χ0v) is 17.3. The Bertz CT molecular complexity index is 680. The van der Waals surface area contributed by atoms with Crippen molar-refractivity contribution < 1.29 is 43.2 Å². The van der Waals surface area contributed by atoms with Crippen molar-refractivity contribution >= 4 is 23.9 Å². The van der Waals surface area contributed by atoms with Crippen LogP contribution in [0.1, 0.15) is 65.2 Å². The van der Waals surface area contributed by atoms with E-state index in [1.54, 1.807) is 0 Å². The number of ether oxygens (including phenoxy) is 4. The molecule has 9 nitrogen and oxygen atoms in total. The second kappa shape index (κ2) is 10.4. The van der Waals surface area contributed by atoms with Crippen molar-refractivity contribution in [1.29, 1.82) is 0 Å². The Kier molecular flexibility index (Phi) is 8.16. The quantitative estimate of drug-likeness (QED) is 0.415. The van der Waals surface area contributed by atoms with E-state index in [1.807, 2.05) is 0 Å². The molecule has 0 aliphatic carbocycles. The van der Waals surface area contributed by atoms with Crippen LogP contribution >= 0.6 is 0 Å². The molecule has 9 heteroatoms. The molecule has 0 radical (unpaired) electrons.